The van der Waals surface area contributed by atoms with Crippen LogP contribution < -0.4 is 4.74 Å². The van der Waals surface area contributed by atoms with E-state index in [0.717, 1.165) is 59.4 Å². The number of alkyl halides is 3. The van der Waals surface area contributed by atoms with Gasteiger partial charge in [0.25, 0.3) is 0 Å². The predicted molar refractivity (Wildman–Crippen MR) is 116 cm³/mol. The molecular weight excluding hydrogens is 417 g/mol. The number of rotatable bonds is 6. The van der Waals surface area contributed by atoms with E-state index in [2.05, 4.69) is 0 Å². The van der Waals surface area contributed by atoms with Crippen molar-refractivity contribution < 1.29 is 27.8 Å². The second-order valence-electron chi connectivity index (χ2n) is 8.11. The van der Waals surface area contributed by atoms with Crippen LogP contribution in [0.1, 0.15) is 47.4 Å². The molecule has 1 aliphatic carbocycles. The third kappa shape index (κ3) is 5.13. The summed E-state index contributed by atoms with van der Waals surface area (Å²) in [6.45, 7) is 0.325. The minimum absolute atomic E-state index is 0.0470. The van der Waals surface area contributed by atoms with Crippen LogP contribution in [0.4, 0.5) is 13.2 Å². The molecule has 0 heterocycles. The number of hydrogen-bond donors (Lipinski definition) is 1. The number of aryl methyl sites for hydroxylation is 1. The molecule has 0 unspecified atom stereocenters. The normalized spacial score (nSPS) is 15.8. The molecule has 3 aromatic rings. The van der Waals surface area contributed by atoms with Crippen LogP contribution in [0.5, 0.6) is 5.75 Å². The number of carbonyl (C=O) groups is 1. The molecule has 0 amide bonds. The van der Waals surface area contributed by atoms with Crippen LogP contribution in [0.25, 0.3) is 11.1 Å². The van der Waals surface area contributed by atoms with Gasteiger partial charge in [-0.05, 0) is 83.3 Å². The monoisotopic (exact) mass is 440 g/mol. The summed E-state index contributed by atoms with van der Waals surface area (Å²) in [5.41, 5.74) is 4.00. The number of hydrogen-bond acceptors (Lipinski definition) is 2. The Labute approximate surface area is 184 Å². The Hall–Kier alpha value is -3.28. The van der Waals surface area contributed by atoms with Gasteiger partial charge in [-0.3, -0.25) is 4.79 Å². The van der Waals surface area contributed by atoms with Crippen molar-refractivity contribution in [3.8, 4) is 16.9 Å². The first-order valence-corrected chi connectivity index (χ1v) is 10.5. The first kappa shape index (κ1) is 21.9. The van der Waals surface area contributed by atoms with E-state index in [9.17, 15) is 18.0 Å². The highest BCUT2D eigenvalue weighted by atomic mass is 19.4. The third-order valence-electron chi connectivity index (χ3n) is 5.85. The zero-order valence-electron chi connectivity index (χ0n) is 17.4. The fourth-order valence-corrected chi connectivity index (χ4v) is 4.26. The molecule has 0 spiro atoms. The Morgan fingerprint density at radius 1 is 1.00 bits per heavy atom. The van der Waals surface area contributed by atoms with Gasteiger partial charge in [0.05, 0.1) is 12.0 Å². The molecule has 1 aliphatic rings. The largest absolute Gasteiger partial charge is 0.489 e. The van der Waals surface area contributed by atoms with Crippen molar-refractivity contribution in [2.45, 2.75) is 44.4 Å². The second-order valence-corrected chi connectivity index (χ2v) is 8.11. The van der Waals surface area contributed by atoms with Gasteiger partial charge in [0.1, 0.15) is 12.4 Å². The lowest BCUT2D eigenvalue weighted by Gasteiger charge is -2.24. The van der Waals surface area contributed by atoms with Crippen LogP contribution >= 0.6 is 0 Å². The van der Waals surface area contributed by atoms with Crippen molar-refractivity contribution in [1.29, 1.82) is 0 Å². The SMILES string of the molecule is O=C(O)C[C@@H]1CCCc2cc(OCc3cccc(-c4ccc(C(F)(F)F)cc4)c3)ccc21. The van der Waals surface area contributed by atoms with E-state index in [1.54, 1.807) is 0 Å². The number of carboxylic acids is 1. The highest BCUT2D eigenvalue weighted by Crippen LogP contribution is 2.36. The van der Waals surface area contributed by atoms with Gasteiger partial charge in [0.15, 0.2) is 0 Å². The molecule has 6 heteroatoms. The minimum atomic E-state index is -4.35. The highest BCUT2D eigenvalue weighted by molar-refractivity contribution is 5.68. The van der Waals surface area contributed by atoms with Gasteiger partial charge in [0, 0.05) is 0 Å². The number of benzene rings is 3. The lowest BCUT2D eigenvalue weighted by atomic mass is 9.81. The third-order valence-corrected chi connectivity index (χ3v) is 5.85. The Balaban J connectivity index is 1.45. The highest BCUT2D eigenvalue weighted by Gasteiger charge is 2.30. The topological polar surface area (TPSA) is 46.5 Å². The number of halogens is 3. The van der Waals surface area contributed by atoms with Gasteiger partial charge in [-0.15, -0.1) is 0 Å². The lowest BCUT2D eigenvalue weighted by molar-refractivity contribution is -0.138. The average molecular weight is 440 g/mol. The molecule has 4 rings (SSSR count). The maximum atomic E-state index is 12.8. The number of carboxylic acid groups (broad SMARTS) is 1. The maximum Gasteiger partial charge on any atom is 0.416 e. The van der Waals surface area contributed by atoms with Gasteiger partial charge >= 0.3 is 12.1 Å². The van der Waals surface area contributed by atoms with E-state index in [4.69, 9.17) is 9.84 Å². The molecule has 0 bridgehead atoms. The fourth-order valence-electron chi connectivity index (χ4n) is 4.26. The van der Waals surface area contributed by atoms with Crippen LogP contribution in [0.3, 0.4) is 0 Å². The van der Waals surface area contributed by atoms with Gasteiger partial charge in [0.2, 0.25) is 0 Å². The van der Waals surface area contributed by atoms with Crippen LogP contribution in [0, 0.1) is 0 Å². The summed E-state index contributed by atoms with van der Waals surface area (Å²) < 4.78 is 44.3. The maximum absolute atomic E-state index is 12.8. The van der Waals surface area contributed by atoms with Crippen molar-refractivity contribution in [3.05, 3.63) is 89.0 Å². The summed E-state index contributed by atoms with van der Waals surface area (Å²) in [6.07, 6.45) is -1.45. The van der Waals surface area contributed by atoms with E-state index in [1.165, 1.54) is 12.1 Å². The molecule has 0 fully saturated rings. The molecule has 1 N–H and O–H groups in total. The molecule has 0 aliphatic heterocycles. The molecule has 0 aromatic heterocycles. The lowest BCUT2D eigenvalue weighted by Crippen LogP contribution is -2.13. The second kappa shape index (κ2) is 9.07. The quantitative estimate of drug-likeness (QED) is 0.456. The van der Waals surface area contributed by atoms with Crippen LogP contribution in [-0.2, 0) is 24.0 Å². The standard InChI is InChI=1S/C26H23F3O3/c27-26(28,29)22-9-7-18(8-10-22)19-4-1-3-17(13-19)16-32-23-11-12-24-20(14-23)5-2-6-21(24)15-25(30)31/h1,3-4,7-14,21H,2,5-6,15-16H2,(H,30,31)/t21-/m0/s1. The first-order chi connectivity index (χ1) is 15.3. The Kier molecular flexibility index (Phi) is 6.21. The van der Waals surface area contributed by atoms with Gasteiger partial charge in [-0.2, -0.15) is 13.2 Å². The fraction of sp³-hybridized carbons (Fsp3) is 0.269. The minimum Gasteiger partial charge on any atom is -0.489 e. The summed E-state index contributed by atoms with van der Waals surface area (Å²) in [4.78, 5) is 11.1. The number of ether oxygens (including phenoxy) is 1. The van der Waals surface area contributed by atoms with E-state index < -0.39 is 17.7 Å². The molecule has 32 heavy (non-hydrogen) atoms. The van der Waals surface area contributed by atoms with E-state index in [1.807, 2.05) is 42.5 Å². The molecule has 0 saturated carbocycles. The number of aliphatic carboxylic acids is 1. The van der Waals surface area contributed by atoms with Crippen molar-refractivity contribution in [2.75, 3.05) is 0 Å². The predicted octanol–water partition coefficient (Wildman–Crippen LogP) is 6.85. The zero-order valence-corrected chi connectivity index (χ0v) is 17.4. The van der Waals surface area contributed by atoms with Crippen molar-refractivity contribution in [2.24, 2.45) is 0 Å². The van der Waals surface area contributed by atoms with Gasteiger partial charge in [-0.1, -0.05) is 36.4 Å². The van der Waals surface area contributed by atoms with Crippen LogP contribution in [-0.4, -0.2) is 11.1 Å². The average Bonchev–Trinajstić information content (AvgIpc) is 2.77. The summed E-state index contributed by atoms with van der Waals surface area (Å²) >= 11 is 0. The summed E-state index contributed by atoms with van der Waals surface area (Å²) in [7, 11) is 0. The van der Waals surface area contributed by atoms with Gasteiger partial charge in [-0.25, -0.2) is 0 Å². The van der Waals surface area contributed by atoms with Gasteiger partial charge < -0.3 is 9.84 Å². The van der Waals surface area contributed by atoms with Crippen molar-refractivity contribution >= 4 is 5.97 Å². The molecule has 1 atom stereocenters. The Morgan fingerprint density at radius 2 is 1.78 bits per heavy atom. The Morgan fingerprint density at radius 3 is 2.50 bits per heavy atom. The summed E-state index contributed by atoms with van der Waals surface area (Å²) in [5.74, 6) is -0.0125. The first-order valence-electron chi connectivity index (χ1n) is 10.5. The molecule has 0 radical (unpaired) electrons. The Bertz CT molecular complexity index is 1100. The molecule has 166 valence electrons. The summed E-state index contributed by atoms with van der Waals surface area (Å²) in [6, 6.07) is 18.5. The molecule has 0 saturated heterocycles. The van der Waals surface area contributed by atoms with E-state index in [-0.39, 0.29) is 12.3 Å². The molecule has 3 aromatic carbocycles. The van der Waals surface area contributed by atoms with Crippen molar-refractivity contribution in [1.82, 2.24) is 0 Å². The van der Waals surface area contributed by atoms with Crippen molar-refractivity contribution in [3.63, 3.8) is 0 Å². The van der Waals surface area contributed by atoms with E-state index in [0.29, 0.717) is 12.2 Å². The molecule has 3 nitrogen and oxygen atoms in total. The number of fused-ring (bicyclic) bond motifs is 1. The summed E-state index contributed by atoms with van der Waals surface area (Å²) in [5, 5.41) is 9.14. The molecular formula is C26H23F3O3. The van der Waals surface area contributed by atoms with Crippen LogP contribution in [0.15, 0.2) is 66.7 Å². The smallest absolute Gasteiger partial charge is 0.416 e. The zero-order chi connectivity index (χ0) is 22.7. The van der Waals surface area contributed by atoms with E-state index >= 15 is 0 Å². The van der Waals surface area contributed by atoms with Crippen LogP contribution in [0.2, 0.25) is 0 Å².